The van der Waals surface area contributed by atoms with Gasteiger partial charge in [-0.25, -0.2) is 13.2 Å². The number of halogens is 3. The molecule has 0 fully saturated rings. The van der Waals surface area contributed by atoms with E-state index in [1.165, 1.54) is 0 Å². The Kier molecular flexibility index (Phi) is 3.13. The highest BCUT2D eigenvalue weighted by atomic mass is 19.3. The number of pyridine rings is 1. The van der Waals surface area contributed by atoms with E-state index in [1.54, 1.807) is 0 Å². The van der Waals surface area contributed by atoms with E-state index in [1.807, 2.05) is 4.98 Å². The lowest BCUT2D eigenvalue weighted by molar-refractivity contribution is -0.136. The Morgan fingerprint density at radius 3 is 2.60 bits per heavy atom. The number of aromatic amines is 1. The number of carbonyl (C=O) groups is 1. The number of hydrogen-bond donors (Lipinski definition) is 2. The molecule has 1 aromatic rings. The van der Waals surface area contributed by atoms with Crippen LogP contribution in [0.4, 0.5) is 13.2 Å². The van der Waals surface area contributed by atoms with Crippen molar-refractivity contribution in [2.45, 2.75) is 12.8 Å². The molecule has 0 unspecified atom stereocenters. The second-order valence-corrected chi connectivity index (χ2v) is 2.73. The van der Waals surface area contributed by atoms with Crippen molar-refractivity contribution >= 4 is 5.97 Å². The van der Waals surface area contributed by atoms with Crippen LogP contribution in [0.1, 0.15) is 17.7 Å². The van der Waals surface area contributed by atoms with Gasteiger partial charge >= 0.3 is 5.97 Å². The molecule has 0 aliphatic rings. The van der Waals surface area contributed by atoms with Crippen molar-refractivity contribution in [2.24, 2.45) is 0 Å². The van der Waals surface area contributed by atoms with Crippen molar-refractivity contribution in [1.29, 1.82) is 0 Å². The van der Waals surface area contributed by atoms with Gasteiger partial charge < -0.3 is 10.1 Å². The number of alkyl halides is 2. The molecule has 0 aromatic carbocycles. The van der Waals surface area contributed by atoms with Crippen LogP contribution in [0, 0.1) is 5.82 Å². The highest BCUT2D eigenvalue weighted by Gasteiger charge is 2.21. The summed E-state index contributed by atoms with van der Waals surface area (Å²) < 4.78 is 37.3. The summed E-state index contributed by atoms with van der Waals surface area (Å²) >= 11 is 0. The number of aromatic nitrogens is 1. The number of carboxylic acid groups (broad SMARTS) is 1. The van der Waals surface area contributed by atoms with Gasteiger partial charge in [0.25, 0.3) is 6.43 Å². The quantitative estimate of drug-likeness (QED) is 0.802. The van der Waals surface area contributed by atoms with Crippen LogP contribution >= 0.6 is 0 Å². The summed E-state index contributed by atoms with van der Waals surface area (Å²) in [6.07, 6.45) is -3.43. The third-order valence-electron chi connectivity index (χ3n) is 1.71. The monoisotopic (exact) mass is 221 g/mol. The van der Waals surface area contributed by atoms with Gasteiger partial charge in [0.05, 0.1) is 12.0 Å². The standard InChI is InChI=1S/C8H6F3NO3/c9-3-2-12-4(1-5(13)14)6(7(3)15)8(10)11/h2,8H,1H2,(H,12,15)(H,13,14). The molecule has 4 nitrogen and oxygen atoms in total. The number of H-pyrrole nitrogens is 1. The summed E-state index contributed by atoms with van der Waals surface area (Å²) in [7, 11) is 0. The average Bonchev–Trinajstić information content (AvgIpc) is 2.10. The Bertz CT molecular complexity index is 441. The first-order valence-electron chi connectivity index (χ1n) is 3.83. The van der Waals surface area contributed by atoms with E-state index < -0.39 is 41.3 Å². The second-order valence-electron chi connectivity index (χ2n) is 2.73. The van der Waals surface area contributed by atoms with Gasteiger partial charge in [-0.3, -0.25) is 9.59 Å². The summed E-state index contributed by atoms with van der Waals surface area (Å²) in [6.45, 7) is 0. The molecule has 1 heterocycles. The van der Waals surface area contributed by atoms with Crippen LogP contribution in [-0.4, -0.2) is 16.1 Å². The van der Waals surface area contributed by atoms with E-state index >= 15 is 0 Å². The average molecular weight is 221 g/mol. The van der Waals surface area contributed by atoms with E-state index in [0.717, 1.165) is 0 Å². The number of hydrogen-bond acceptors (Lipinski definition) is 2. The number of rotatable bonds is 3. The van der Waals surface area contributed by atoms with Crippen molar-refractivity contribution < 1.29 is 23.1 Å². The van der Waals surface area contributed by atoms with E-state index in [9.17, 15) is 22.8 Å². The largest absolute Gasteiger partial charge is 0.481 e. The predicted molar refractivity (Wildman–Crippen MR) is 43.3 cm³/mol. The van der Waals surface area contributed by atoms with Gasteiger partial charge in [-0.05, 0) is 0 Å². The normalized spacial score (nSPS) is 10.7. The van der Waals surface area contributed by atoms with Crippen LogP contribution in [0.5, 0.6) is 0 Å². The Morgan fingerprint density at radius 1 is 1.53 bits per heavy atom. The van der Waals surface area contributed by atoms with Crippen LogP contribution in [0.15, 0.2) is 11.0 Å². The Morgan fingerprint density at radius 2 is 2.13 bits per heavy atom. The zero-order chi connectivity index (χ0) is 11.6. The fourth-order valence-corrected chi connectivity index (χ4v) is 1.09. The lowest BCUT2D eigenvalue weighted by Crippen LogP contribution is -2.19. The van der Waals surface area contributed by atoms with Gasteiger partial charge in [0.2, 0.25) is 5.43 Å². The number of carboxylic acids is 1. The Hall–Kier alpha value is -1.79. The molecular formula is C8H6F3NO3. The fourth-order valence-electron chi connectivity index (χ4n) is 1.09. The van der Waals surface area contributed by atoms with E-state index in [4.69, 9.17) is 5.11 Å². The minimum absolute atomic E-state index is 0.482. The lowest BCUT2D eigenvalue weighted by Gasteiger charge is -2.05. The Balaban J connectivity index is 3.33. The molecule has 0 aliphatic carbocycles. The van der Waals surface area contributed by atoms with Gasteiger partial charge in [0, 0.05) is 11.9 Å². The van der Waals surface area contributed by atoms with Crippen molar-refractivity contribution in [1.82, 2.24) is 4.98 Å². The second kappa shape index (κ2) is 4.16. The van der Waals surface area contributed by atoms with Crippen LogP contribution in [0.3, 0.4) is 0 Å². The molecule has 0 amide bonds. The maximum atomic E-state index is 12.6. The maximum Gasteiger partial charge on any atom is 0.309 e. The summed E-state index contributed by atoms with van der Waals surface area (Å²) in [5, 5.41) is 8.37. The van der Waals surface area contributed by atoms with Crippen molar-refractivity contribution in [3.05, 3.63) is 33.5 Å². The van der Waals surface area contributed by atoms with Gasteiger partial charge in [-0.2, -0.15) is 0 Å². The van der Waals surface area contributed by atoms with Crippen LogP contribution in [-0.2, 0) is 11.2 Å². The van der Waals surface area contributed by atoms with Gasteiger partial charge in [-0.1, -0.05) is 0 Å². The summed E-state index contributed by atoms with van der Waals surface area (Å²) in [5.41, 5.74) is -3.08. The molecule has 0 bridgehead atoms. The maximum absolute atomic E-state index is 12.6. The predicted octanol–water partition coefficient (Wildman–Crippen LogP) is 1.08. The summed E-state index contributed by atoms with van der Waals surface area (Å²) in [4.78, 5) is 23.2. The fraction of sp³-hybridized carbons (Fsp3) is 0.250. The molecule has 1 aromatic heterocycles. The topological polar surface area (TPSA) is 70.2 Å². The first kappa shape index (κ1) is 11.3. The van der Waals surface area contributed by atoms with Gasteiger partial charge in [0.15, 0.2) is 5.82 Å². The zero-order valence-electron chi connectivity index (χ0n) is 7.26. The molecular weight excluding hydrogens is 215 g/mol. The third kappa shape index (κ3) is 2.36. The van der Waals surface area contributed by atoms with E-state index in [0.29, 0.717) is 6.20 Å². The minimum Gasteiger partial charge on any atom is -0.481 e. The molecule has 0 saturated carbocycles. The van der Waals surface area contributed by atoms with Crippen molar-refractivity contribution in [3.63, 3.8) is 0 Å². The lowest BCUT2D eigenvalue weighted by atomic mass is 10.1. The molecule has 15 heavy (non-hydrogen) atoms. The smallest absolute Gasteiger partial charge is 0.309 e. The first-order valence-corrected chi connectivity index (χ1v) is 3.83. The molecule has 7 heteroatoms. The number of nitrogens with one attached hydrogen (secondary N) is 1. The highest BCUT2D eigenvalue weighted by Crippen LogP contribution is 2.18. The molecule has 1 rings (SSSR count). The molecule has 82 valence electrons. The van der Waals surface area contributed by atoms with Gasteiger partial charge in [0.1, 0.15) is 0 Å². The van der Waals surface area contributed by atoms with Gasteiger partial charge in [-0.15, -0.1) is 0 Å². The van der Waals surface area contributed by atoms with Crippen LogP contribution in [0.25, 0.3) is 0 Å². The molecule has 0 radical (unpaired) electrons. The summed E-state index contributed by atoms with van der Waals surface area (Å²) in [5.74, 6) is -2.75. The number of aliphatic carboxylic acids is 1. The van der Waals surface area contributed by atoms with Crippen LogP contribution < -0.4 is 5.43 Å². The minimum atomic E-state index is -3.21. The first-order chi connectivity index (χ1) is 6.93. The molecule has 0 aliphatic heterocycles. The van der Waals surface area contributed by atoms with Crippen molar-refractivity contribution in [3.8, 4) is 0 Å². The van der Waals surface area contributed by atoms with Crippen LogP contribution in [0.2, 0.25) is 0 Å². The van der Waals surface area contributed by atoms with Crippen molar-refractivity contribution in [2.75, 3.05) is 0 Å². The third-order valence-corrected chi connectivity index (χ3v) is 1.71. The van der Waals surface area contributed by atoms with E-state index in [2.05, 4.69) is 0 Å². The Labute approximate surface area is 81.4 Å². The van der Waals surface area contributed by atoms with E-state index in [-0.39, 0.29) is 0 Å². The molecule has 0 saturated heterocycles. The SMILES string of the molecule is O=C(O)Cc1[nH]cc(F)c(=O)c1C(F)F. The molecule has 0 spiro atoms. The summed E-state index contributed by atoms with van der Waals surface area (Å²) in [6, 6.07) is 0. The highest BCUT2D eigenvalue weighted by molar-refractivity contribution is 5.70. The molecule has 2 N–H and O–H groups in total. The zero-order valence-corrected chi connectivity index (χ0v) is 7.26. The molecule has 0 atom stereocenters.